The number of imidazole rings is 1. The Kier molecular flexibility index (Phi) is 5.85. The molecule has 0 spiro atoms. The number of hydrogen-bond donors (Lipinski definition) is 6. The van der Waals surface area contributed by atoms with E-state index in [-0.39, 0.29) is 22.0 Å². The number of nitrogens with zero attached hydrogens (tertiary/aromatic N) is 4. The molecule has 14 nitrogen and oxygen atoms in total. The lowest BCUT2D eigenvalue weighted by atomic mass is 10.1. The van der Waals surface area contributed by atoms with E-state index in [0.29, 0.717) is 0 Å². The number of aliphatic hydroxyl groups is 3. The third-order valence-corrected chi connectivity index (χ3v) is 6.34. The second-order valence-electron chi connectivity index (χ2n) is 7.01. The topological polar surface area (TPSA) is 223 Å². The van der Waals surface area contributed by atoms with Gasteiger partial charge in [0.25, 0.3) is 21.1 Å². The molecule has 1 saturated heterocycles. The molecule has 4 atom stereocenters. The molecule has 1 aliphatic heterocycles. The number of nitrogens with two attached hydrogens (primary N) is 1. The van der Waals surface area contributed by atoms with Crippen molar-refractivity contribution < 1.29 is 38.4 Å². The first-order chi connectivity index (χ1) is 15.5. The second kappa shape index (κ2) is 8.36. The van der Waals surface area contributed by atoms with Gasteiger partial charge in [0.2, 0.25) is 0 Å². The third kappa shape index (κ3) is 3.94. The number of aliphatic hydroxyl groups excluding tert-OH is 3. The molecule has 16 heteroatoms. The largest absolute Gasteiger partial charge is 0.506 e. The molecule has 1 aromatic carbocycles. The predicted molar refractivity (Wildman–Crippen MR) is 111 cm³/mol. The van der Waals surface area contributed by atoms with Crippen molar-refractivity contribution in [3.63, 3.8) is 0 Å². The smallest absolute Gasteiger partial charge is 0.300 e. The van der Waals surface area contributed by atoms with Gasteiger partial charge in [0.15, 0.2) is 17.7 Å². The standard InChI is InChI=1S/C17H17ClN6O8S/c18-7-3-1-2-6(10(7)26)15(29)23-33(30,31)17-21-13(19)9-14(22-17)24(5-20-9)16-12(28)11(27)8(4-25)32-16/h1-3,5,8,11-12,16,25-28H,4H2,(H,23,29)(H2,19,21,22)/t8-,11?,12?,16-/m1/s1. The van der Waals surface area contributed by atoms with Gasteiger partial charge in [-0.25, -0.2) is 9.71 Å². The van der Waals surface area contributed by atoms with E-state index in [4.69, 9.17) is 22.1 Å². The van der Waals surface area contributed by atoms with Gasteiger partial charge in [-0.2, -0.15) is 18.4 Å². The highest BCUT2D eigenvalue weighted by atomic mass is 35.5. The van der Waals surface area contributed by atoms with E-state index in [1.165, 1.54) is 12.1 Å². The van der Waals surface area contributed by atoms with Crippen molar-refractivity contribution >= 4 is 44.5 Å². The Balaban J connectivity index is 1.72. The Bertz CT molecular complexity index is 1350. The summed E-state index contributed by atoms with van der Waals surface area (Å²) in [5, 5.41) is 38.4. The number of aromatic nitrogens is 4. The van der Waals surface area contributed by atoms with Crippen LogP contribution in [0.4, 0.5) is 5.82 Å². The fourth-order valence-electron chi connectivity index (χ4n) is 3.26. The number of halogens is 1. The minimum absolute atomic E-state index is 0.0366. The molecule has 1 fully saturated rings. The number of para-hydroxylation sites is 1. The summed E-state index contributed by atoms with van der Waals surface area (Å²) in [5.41, 5.74) is 5.19. The maximum atomic E-state index is 12.8. The Morgan fingerprint density at radius 1 is 1.27 bits per heavy atom. The van der Waals surface area contributed by atoms with E-state index in [2.05, 4.69) is 15.0 Å². The first-order valence-corrected chi connectivity index (χ1v) is 11.1. The fourth-order valence-corrected chi connectivity index (χ4v) is 4.30. The van der Waals surface area contributed by atoms with Crippen molar-refractivity contribution in [3.8, 4) is 5.75 Å². The quantitative estimate of drug-likeness (QED) is 0.220. The molecular weight excluding hydrogens is 484 g/mol. The Hall–Kier alpha value is -3.08. The maximum Gasteiger partial charge on any atom is 0.300 e. The first kappa shape index (κ1) is 23.1. The van der Waals surface area contributed by atoms with Crippen LogP contribution in [0.3, 0.4) is 0 Å². The molecule has 7 N–H and O–H groups in total. The molecule has 2 unspecified atom stereocenters. The zero-order valence-electron chi connectivity index (χ0n) is 16.4. The molecule has 0 aliphatic carbocycles. The summed E-state index contributed by atoms with van der Waals surface area (Å²) in [5.74, 6) is -2.18. The number of ether oxygens (including phenoxy) is 1. The number of benzene rings is 1. The highest BCUT2D eigenvalue weighted by Crippen LogP contribution is 2.32. The molecule has 1 amide bonds. The number of anilines is 1. The summed E-state index contributed by atoms with van der Waals surface area (Å²) in [6.45, 7) is -0.583. The lowest BCUT2D eigenvalue weighted by Crippen LogP contribution is -2.33. The number of carbonyl (C=O) groups excluding carboxylic acids is 1. The summed E-state index contributed by atoms with van der Waals surface area (Å²) in [4.78, 5) is 23.9. The highest BCUT2D eigenvalue weighted by Gasteiger charge is 2.44. The van der Waals surface area contributed by atoms with Crippen molar-refractivity contribution in [3.05, 3.63) is 35.1 Å². The normalized spacial score (nSPS) is 23.2. The number of sulfonamides is 1. The predicted octanol–water partition coefficient (Wildman–Crippen LogP) is -1.50. The van der Waals surface area contributed by atoms with E-state index < -0.39 is 63.5 Å². The molecule has 3 heterocycles. The maximum absolute atomic E-state index is 12.8. The average molecular weight is 501 g/mol. The number of phenolic OH excluding ortho intramolecular Hbond substituents is 1. The van der Waals surface area contributed by atoms with Crippen LogP contribution in [-0.2, 0) is 14.8 Å². The molecule has 0 radical (unpaired) electrons. The van der Waals surface area contributed by atoms with Crippen LogP contribution in [0.15, 0.2) is 29.7 Å². The summed E-state index contributed by atoms with van der Waals surface area (Å²) in [6.07, 6.45) is -4.17. The van der Waals surface area contributed by atoms with Crippen LogP contribution in [0, 0.1) is 0 Å². The Morgan fingerprint density at radius 3 is 2.67 bits per heavy atom. The van der Waals surface area contributed by atoms with Crippen LogP contribution in [0.1, 0.15) is 16.6 Å². The number of aromatic hydroxyl groups is 1. The third-order valence-electron chi connectivity index (χ3n) is 4.92. The lowest BCUT2D eigenvalue weighted by molar-refractivity contribution is -0.0511. The number of hydrogen-bond acceptors (Lipinski definition) is 12. The van der Waals surface area contributed by atoms with Gasteiger partial charge < -0.3 is 30.9 Å². The minimum atomic E-state index is -4.70. The van der Waals surface area contributed by atoms with Gasteiger partial charge in [0.05, 0.1) is 23.5 Å². The number of rotatable bonds is 5. The second-order valence-corrected chi connectivity index (χ2v) is 9.00. The molecule has 176 valence electrons. The number of amides is 1. The summed E-state index contributed by atoms with van der Waals surface area (Å²) >= 11 is 5.75. The zero-order chi connectivity index (χ0) is 24.1. The van der Waals surface area contributed by atoms with Crippen LogP contribution in [-0.4, -0.2) is 79.2 Å². The summed E-state index contributed by atoms with van der Waals surface area (Å²) in [6, 6.07) is 3.80. The van der Waals surface area contributed by atoms with Crippen LogP contribution in [0.2, 0.25) is 5.02 Å². The van der Waals surface area contributed by atoms with Gasteiger partial charge in [0, 0.05) is 0 Å². The van der Waals surface area contributed by atoms with E-state index in [1.54, 1.807) is 4.72 Å². The Morgan fingerprint density at radius 2 is 2.00 bits per heavy atom. The summed E-state index contributed by atoms with van der Waals surface area (Å²) < 4.78 is 33.8. The van der Waals surface area contributed by atoms with Gasteiger partial charge >= 0.3 is 0 Å². The number of phenols is 1. The van der Waals surface area contributed by atoms with Gasteiger partial charge in [-0.15, -0.1) is 0 Å². The highest BCUT2D eigenvalue weighted by molar-refractivity contribution is 7.89. The molecule has 2 aromatic heterocycles. The molecule has 33 heavy (non-hydrogen) atoms. The number of nitrogen functional groups attached to an aromatic ring is 1. The van der Waals surface area contributed by atoms with E-state index in [9.17, 15) is 33.6 Å². The van der Waals surface area contributed by atoms with Gasteiger partial charge in [-0.05, 0) is 12.1 Å². The van der Waals surface area contributed by atoms with Crippen LogP contribution >= 0.6 is 11.6 Å². The van der Waals surface area contributed by atoms with Crippen molar-refractivity contribution in [1.29, 1.82) is 0 Å². The van der Waals surface area contributed by atoms with Gasteiger partial charge in [0.1, 0.15) is 29.6 Å². The molecule has 1 aliphatic rings. The van der Waals surface area contributed by atoms with E-state index >= 15 is 0 Å². The van der Waals surface area contributed by atoms with Crippen LogP contribution in [0.5, 0.6) is 5.75 Å². The molecule has 3 aromatic rings. The van der Waals surface area contributed by atoms with Crippen molar-refractivity contribution in [2.75, 3.05) is 12.3 Å². The lowest BCUT2D eigenvalue weighted by Gasteiger charge is -2.16. The SMILES string of the molecule is Nc1nc(S(=O)(=O)NC(=O)c2cccc(Cl)c2O)nc2c1ncn2[C@@H]1O[C@H](CO)C(O)C1O. The molecular formula is C17H17ClN6O8S. The minimum Gasteiger partial charge on any atom is -0.506 e. The van der Waals surface area contributed by atoms with Crippen molar-refractivity contribution in [2.24, 2.45) is 0 Å². The van der Waals surface area contributed by atoms with E-state index in [0.717, 1.165) is 17.0 Å². The van der Waals surface area contributed by atoms with Crippen LogP contribution in [0.25, 0.3) is 11.2 Å². The fraction of sp³-hybridized carbons (Fsp3) is 0.294. The Labute approximate surface area is 190 Å². The van der Waals surface area contributed by atoms with Crippen molar-refractivity contribution in [2.45, 2.75) is 29.7 Å². The number of nitrogens with one attached hydrogen (secondary N) is 1. The van der Waals surface area contributed by atoms with Gasteiger partial charge in [-0.3, -0.25) is 9.36 Å². The summed E-state index contributed by atoms with van der Waals surface area (Å²) in [7, 11) is -4.70. The zero-order valence-corrected chi connectivity index (χ0v) is 18.0. The monoisotopic (exact) mass is 500 g/mol. The first-order valence-electron chi connectivity index (χ1n) is 9.22. The van der Waals surface area contributed by atoms with Crippen molar-refractivity contribution in [1.82, 2.24) is 24.2 Å². The number of carbonyl (C=O) groups is 1. The van der Waals surface area contributed by atoms with Gasteiger partial charge in [-0.1, -0.05) is 17.7 Å². The average Bonchev–Trinajstić information content (AvgIpc) is 3.31. The van der Waals surface area contributed by atoms with E-state index in [1.807, 2.05) is 0 Å². The number of fused-ring (bicyclic) bond motifs is 1. The van der Waals surface area contributed by atoms with Crippen LogP contribution < -0.4 is 10.5 Å². The molecule has 4 rings (SSSR count). The molecule has 0 bridgehead atoms. The molecule has 0 saturated carbocycles.